The van der Waals surface area contributed by atoms with Crippen molar-refractivity contribution in [1.82, 2.24) is 5.32 Å². The zero-order chi connectivity index (χ0) is 19.6. The number of benzene rings is 1. The number of carbonyl (C=O) groups excluding carboxylic acids is 2. The highest BCUT2D eigenvalue weighted by molar-refractivity contribution is 5.71. The van der Waals surface area contributed by atoms with Crippen molar-refractivity contribution in [3.8, 4) is 5.75 Å². The maximum Gasteiger partial charge on any atom is 0.407 e. The Morgan fingerprint density at radius 3 is 2.38 bits per heavy atom. The lowest BCUT2D eigenvalue weighted by Gasteiger charge is -2.20. The molecule has 2 N–H and O–H groups in total. The van der Waals surface area contributed by atoms with Crippen molar-refractivity contribution in [2.75, 3.05) is 33.5 Å². The van der Waals surface area contributed by atoms with E-state index < -0.39 is 23.8 Å². The largest absolute Gasteiger partial charge is 0.482 e. The highest BCUT2D eigenvalue weighted by Crippen LogP contribution is 2.17. The van der Waals surface area contributed by atoms with E-state index in [1.54, 1.807) is 45.0 Å². The Balaban J connectivity index is 2.39. The summed E-state index contributed by atoms with van der Waals surface area (Å²) in [6.07, 6.45) is -1.49. The van der Waals surface area contributed by atoms with Gasteiger partial charge in [-0.2, -0.15) is 0 Å². The summed E-state index contributed by atoms with van der Waals surface area (Å²) in [7, 11) is 1.52. The molecule has 0 aliphatic heterocycles. The maximum absolute atomic E-state index is 11.6. The summed E-state index contributed by atoms with van der Waals surface area (Å²) in [6, 6.07) is 6.53. The van der Waals surface area contributed by atoms with Gasteiger partial charge in [0.1, 0.15) is 18.0 Å². The first kappa shape index (κ1) is 21.7. The van der Waals surface area contributed by atoms with E-state index >= 15 is 0 Å². The molecule has 0 spiro atoms. The molecule has 26 heavy (non-hydrogen) atoms. The van der Waals surface area contributed by atoms with Crippen LogP contribution in [0.2, 0.25) is 0 Å². The number of carbonyl (C=O) groups is 2. The van der Waals surface area contributed by atoms with Crippen molar-refractivity contribution >= 4 is 12.1 Å². The minimum atomic E-state index is -0.893. The summed E-state index contributed by atoms with van der Waals surface area (Å²) in [5, 5.41) is 12.6. The summed E-state index contributed by atoms with van der Waals surface area (Å²) >= 11 is 0. The molecule has 146 valence electrons. The molecule has 1 atom stereocenters. The molecule has 8 heteroatoms. The van der Waals surface area contributed by atoms with Gasteiger partial charge in [0.15, 0.2) is 6.61 Å². The fourth-order valence-electron chi connectivity index (χ4n) is 1.82. The van der Waals surface area contributed by atoms with E-state index in [9.17, 15) is 14.7 Å². The summed E-state index contributed by atoms with van der Waals surface area (Å²) in [4.78, 5) is 23.0. The van der Waals surface area contributed by atoms with E-state index in [0.29, 0.717) is 17.9 Å². The molecule has 0 bridgehead atoms. The number of esters is 1. The van der Waals surface area contributed by atoms with Gasteiger partial charge in [0.05, 0.1) is 19.3 Å². The topological polar surface area (TPSA) is 103 Å². The van der Waals surface area contributed by atoms with Crippen LogP contribution in [0.15, 0.2) is 24.3 Å². The van der Waals surface area contributed by atoms with Gasteiger partial charge < -0.3 is 29.4 Å². The fraction of sp³-hybridized carbons (Fsp3) is 0.556. The molecule has 0 saturated carbocycles. The molecule has 1 aromatic carbocycles. The molecule has 1 amide bonds. The molecule has 1 unspecified atom stereocenters. The minimum Gasteiger partial charge on any atom is -0.482 e. The number of rotatable bonds is 9. The summed E-state index contributed by atoms with van der Waals surface area (Å²) in [5.41, 5.74) is -0.00488. The highest BCUT2D eigenvalue weighted by atomic mass is 16.6. The van der Waals surface area contributed by atoms with E-state index in [-0.39, 0.29) is 19.8 Å². The third kappa shape index (κ3) is 9.24. The molecule has 8 nitrogen and oxygen atoms in total. The SMILES string of the molecule is COCCOC(=O)COc1ccc(C(O)CNC(=O)OC(C)(C)C)cc1. The van der Waals surface area contributed by atoms with Crippen molar-refractivity contribution in [1.29, 1.82) is 0 Å². The monoisotopic (exact) mass is 369 g/mol. The van der Waals surface area contributed by atoms with E-state index in [2.05, 4.69) is 5.32 Å². The van der Waals surface area contributed by atoms with Crippen LogP contribution in [-0.4, -0.2) is 56.2 Å². The standard InChI is InChI=1S/C18H27NO7/c1-18(2,3)26-17(22)19-11-15(20)13-5-7-14(8-6-13)25-12-16(21)24-10-9-23-4/h5-8,15,20H,9-12H2,1-4H3,(H,19,22). The van der Waals surface area contributed by atoms with Crippen molar-refractivity contribution in [2.24, 2.45) is 0 Å². The number of aliphatic hydroxyl groups excluding tert-OH is 1. The summed E-state index contributed by atoms with van der Waals surface area (Å²) in [6.45, 7) is 5.58. The van der Waals surface area contributed by atoms with Crippen LogP contribution >= 0.6 is 0 Å². The zero-order valence-electron chi connectivity index (χ0n) is 15.6. The van der Waals surface area contributed by atoms with E-state index in [0.717, 1.165) is 0 Å². The van der Waals surface area contributed by atoms with Crippen LogP contribution in [-0.2, 0) is 19.0 Å². The van der Waals surface area contributed by atoms with Gasteiger partial charge >= 0.3 is 12.1 Å². The molecular weight excluding hydrogens is 342 g/mol. The number of nitrogens with one attached hydrogen (secondary N) is 1. The normalized spacial score (nSPS) is 12.2. The summed E-state index contributed by atoms with van der Waals surface area (Å²) in [5.74, 6) is -0.0301. The lowest BCUT2D eigenvalue weighted by atomic mass is 10.1. The average Bonchev–Trinajstić information content (AvgIpc) is 2.57. The van der Waals surface area contributed by atoms with Crippen LogP contribution in [0.5, 0.6) is 5.75 Å². The van der Waals surface area contributed by atoms with Gasteiger partial charge in [-0.3, -0.25) is 0 Å². The molecule has 0 aromatic heterocycles. The lowest BCUT2D eigenvalue weighted by Crippen LogP contribution is -2.34. The van der Waals surface area contributed by atoms with Crippen molar-refractivity contribution in [3.63, 3.8) is 0 Å². The number of alkyl carbamates (subject to hydrolysis) is 1. The Hall–Kier alpha value is -2.32. The van der Waals surface area contributed by atoms with Crippen LogP contribution < -0.4 is 10.1 Å². The quantitative estimate of drug-likeness (QED) is 0.505. The molecule has 1 rings (SSSR count). The number of methoxy groups -OCH3 is 1. The molecule has 0 aliphatic rings. The molecule has 0 heterocycles. The number of amides is 1. The first-order chi connectivity index (χ1) is 12.2. The highest BCUT2D eigenvalue weighted by Gasteiger charge is 2.17. The minimum absolute atomic E-state index is 0.0148. The Morgan fingerprint density at radius 2 is 1.81 bits per heavy atom. The van der Waals surface area contributed by atoms with Gasteiger partial charge in [0.2, 0.25) is 0 Å². The Labute approximate surface area is 153 Å². The Bertz CT molecular complexity index is 566. The predicted molar refractivity (Wildman–Crippen MR) is 94.0 cm³/mol. The van der Waals surface area contributed by atoms with E-state index in [4.69, 9.17) is 18.9 Å². The van der Waals surface area contributed by atoms with Crippen molar-refractivity contribution in [2.45, 2.75) is 32.5 Å². The lowest BCUT2D eigenvalue weighted by molar-refractivity contribution is -0.147. The van der Waals surface area contributed by atoms with Crippen LogP contribution in [0.1, 0.15) is 32.4 Å². The predicted octanol–water partition coefficient (Wildman–Crippen LogP) is 1.81. The summed E-state index contributed by atoms with van der Waals surface area (Å²) < 4.78 is 20.0. The number of hydrogen-bond donors (Lipinski definition) is 2. The third-order valence-corrected chi connectivity index (χ3v) is 3.01. The number of aliphatic hydroxyl groups is 1. The first-order valence-electron chi connectivity index (χ1n) is 8.23. The molecule has 1 aromatic rings. The fourth-order valence-corrected chi connectivity index (χ4v) is 1.82. The molecular formula is C18H27NO7. The molecule has 0 radical (unpaired) electrons. The second-order valence-corrected chi connectivity index (χ2v) is 6.47. The van der Waals surface area contributed by atoms with Gasteiger partial charge in [0.25, 0.3) is 0 Å². The molecule has 0 aliphatic carbocycles. The zero-order valence-corrected chi connectivity index (χ0v) is 15.6. The first-order valence-corrected chi connectivity index (χ1v) is 8.23. The van der Waals surface area contributed by atoms with E-state index in [1.807, 2.05) is 0 Å². The van der Waals surface area contributed by atoms with Crippen LogP contribution in [0.3, 0.4) is 0 Å². The number of hydrogen-bond acceptors (Lipinski definition) is 7. The van der Waals surface area contributed by atoms with Crippen LogP contribution in [0, 0.1) is 0 Å². The Morgan fingerprint density at radius 1 is 1.15 bits per heavy atom. The van der Waals surface area contributed by atoms with Crippen molar-refractivity contribution in [3.05, 3.63) is 29.8 Å². The second-order valence-electron chi connectivity index (χ2n) is 6.47. The van der Waals surface area contributed by atoms with Gasteiger partial charge in [-0.05, 0) is 38.5 Å². The molecule has 0 saturated heterocycles. The maximum atomic E-state index is 11.6. The van der Waals surface area contributed by atoms with Gasteiger partial charge in [-0.15, -0.1) is 0 Å². The van der Waals surface area contributed by atoms with Crippen LogP contribution in [0.25, 0.3) is 0 Å². The number of ether oxygens (including phenoxy) is 4. The van der Waals surface area contributed by atoms with Crippen molar-refractivity contribution < 1.29 is 33.6 Å². The third-order valence-electron chi connectivity index (χ3n) is 3.01. The van der Waals surface area contributed by atoms with Gasteiger partial charge in [-0.1, -0.05) is 12.1 Å². The smallest absolute Gasteiger partial charge is 0.407 e. The van der Waals surface area contributed by atoms with Crippen LogP contribution in [0.4, 0.5) is 4.79 Å². The Kier molecular flexibility index (Phi) is 8.87. The molecule has 0 fully saturated rings. The second kappa shape index (κ2) is 10.6. The van der Waals surface area contributed by atoms with Gasteiger partial charge in [0, 0.05) is 7.11 Å². The van der Waals surface area contributed by atoms with E-state index in [1.165, 1.54) is 7.11 Å². The van der Waals surface area contributed by atoms with Gasteiger partial charge in [-0.25, -0.2) is 9.59 Å². The average molecular weight is 369 g/mol.